The fraction of sp³-hybridized carbons (Fsp3) is 0.103. The number of benzene rings is 4. The maximum Gasteiger partial charge on any atom is 0.255 e. The van der Waals surface area contributed by atoms with Crippen LogP contribution in [0.4, 0.5) is 5.69 Å². The van der Waals surface area contributed by atoms with Crippen LogP contribution in [0.2, 0.25) is 0 Å². The third-order valence-electron chi connectivity index (χ3n) is 5.36. The molecule has 0 aliphatic carbocycles. The minimum Gasteiger partial charge on any atom is -0.492 e. The molecular formula is C29H25BrN2O3. The molecule has 0 heterocycles. The molecule has 5 nitrogen and oxygen atoms in total. The van der Waals surface area contributed by atoms with Crippen LogP contribution >= 0.6 is 15.9 Å². The number of nitrogens with one attached hydrogen (secondary N) is 2. The summed E-state index contributed by atoms with van der Waals surface area (Å²) in [6.07, 6.45) is 0.796. The average Bonchev–Trinajstić information content (AvgIpc) is 2.89. The van der Waals surface area contributed by atoms with E-state index in [1.807, 2.05) is 48.5 Å². The molecule has 2 N–H and O–H groups in total. The average molecular weight is 529 g/mol. The Hall–Kier alpha value is -3.90. The summed E-state index contributed by atoms with van der Waals surface area (Å²) in [5.74, 6) is 0.197. The van der Waals surface area contributed by atoms with E-state index in [2.05, 4.69) is 38.7 Å². The van der Waals surface area contributed by atoms with Gasteiger partial charge in [0, 0.05) is 29.8 Å². The molecule has 0 spiro atoms. The Bertz CT molecular complexity index is 1290. The smallest absolute Gasteiger partial charge is 0.255 e. The van der Waals surface area contributed by atoms with Crippen molar-refractivity contribution < 1.29 is 14.3 Å². The quantitative estimate of drug-likeness (QED) is 0.269. The molecular weight excluding hydrogens is 504 g/mol. The van der Waals surface area contributed by atoms with Crippen LogP contribution in [0.5, 0.6) is 5.75 Å². The molecule has 0 fully saturated rings. The van der Waals surface area contributed by atoms with Gasteiger partial charge in [0.25, 0.3) is 11.8 Å². The second-order valence-electron chi connectivity index (χ2n) is 7.93. The molecule has 0 radical (unpaired) electrons. The molecule has 0 unspecified atom stereocenters. The molecule has 6 heteroatoms. The molecule has 4 aromatic rings. The first kappa shape index (κ1) is 24.2. The van der Waals surface area contributed by atoms with Gasteiger partial charge in [-0.3, -0.25) is 9.59 Å². The summed E-state index contributed by atoms with van der Waals surface area (Å²) in [7, 11) is 0. The van der Waals surface area contributed by atoms with Gasteiger partial charge in [0.2, 0.25) is 0 Å². The van der Waals surface area contributed by atoms with Crippen LogP contribution in [0.25, 0.3) is 0 Å². The Labute approximate surface area is 213 Å². The summed E-state index contributed by atoms with van der Waals surface area (Å²) in [5, 5.41) is 5.75. The fourth-order valence-electron chi connectivity index (χ4n) is 3.50. The molecule has 0 saturated heterocycles. The number of hydrogen-bond donors (Lipinski definition) is 2. The Morgan fingerprint density at radius 2 is 1.40 bits per heavy atom. The van der Waals surface area contributed by atoms with Crippen LogP contribution in [0, 0.1) is 0 Å². The lowest BCUT2D eigenvalue weighted by Gasteiger charge is -2.11. The molecule has 176 valence electrons. The fourth-order valence-corrected chi connectivity index (χ4v) is 4.00. The Morgan fingerprint density at radius 3 is 2.11 bits per heavy atom. The molecule has 0 aliphatic heterocycles. The van der Waals surface area contributed by atoms with Crippen molar-refractivity contribution in [3.8, 4) is 5.75 Å². The summed E-state index contributed by atoms with van der Waals surface area (Å²) < 4.78 is 6.57. The van der Waals surface area contributed by atoms with E-state index in [1.54, 1.807) is 42.5 Å². The van der Waals surface area contributed by atoms with Gasteiger partial charge >= 0.3 is 0 Å². The molecule has 0 saturated carbocycles. The van der Waals surface area contributed by atoms with E-state index in [9.17, 15) is 9.59 Å². The lowest BCUT2D eigenvalue weighted by atomic mass is 10.1. The number of rotatable bonds is 9. The molecule has 4 rings (SSSR count). The van der Waals surface area contributed by atoms with Crippen molar-refractivity contribution in [2.24, 2.45) is 0 Å². The van der Waals surface area contributed by atoms with Gasteiger partial charge in [-0.05, 0) is 63.5 Å². The van der Waals surface area contributed by atoms with Crippen molar-refractivity contribution in [1.29, 1.82) is 0 Å². The monoisotopic (exact) mass is 528 g/mol. The van der Waals surface area contributed by atoms with Crippen molar-refractivity contribution >= 4 is 33.4 Å². The van der Waals surface area contributed by atoms with E-state index in [1.165, 1.54) is 5.56 Å². The summed E-state index contributed by atoms with van der Waals surface area (Å²) in [4.78, 5) is 25.3. The molecule has 0 aromatic heterocycles. The zero-order chi connectivity index (χ0) is 24.5. The Balaban J connectivity index is 1.33. The number of amides is 2. The first-order chi connectivity index (χ1) is 17.1. The first-order valence-corrected chi connectivity index (χ1v) is 12.1. The highest BCUT2D eigenvalue weighted by Gasteiger charge is 2.12. The highest BCUT2D eigenvalue weighted by atomic mass is 79.9. The highest BCUT2D eigenvalue weighted by Crippen LogP contribution is 2.27. The van der Waals surface area contributed by atoms with Gasteiger partial charge in [0.05, 0.1) is 11.1 Å². The van der Waals surface area contributed by atoms with Gasteiger partial charge in [-0.1, -0.05) is 66.7 Å². The number of halogens is 1. The maximum absolute atomic E-state index is 12.8. The predicted molar refractivity (Wildman–Crippen MR) is 142 cm³/mol. The molecule has 0 bridgehead atoms. The minimum absolute atomic E-state index is 0.204. The van der Waals surface area contributed by atoms with Crippen LogP contribution in [0.1, 0.15) is 31.8 Å². The third-order valence-corrected chi connectivity index (χ3v) is 5.98. The third kappa shape index (κ3) is 7.04. The minimum atomic E-state index is -0.275. The second kappa shape index (κ2) is 12.0. The number of ether oxygens (including phenoxy) is 1. The predicted octanol–water partition coefficient (Wildman–Crippen LogP) is 6.25. The zero-order valence-electron chi connectivity index (χ0n) is 19.0. The molecule has 0 aliphatic rings. The van der Waals surface area contributed by atoms with Crippen molar-refractivity contribution in [3.05, 3.63) is 130 Å². The maximum atomic E-state index is 12.8. The van der Waals surface area contributed by atoms with Gasteiger partial charge in [0.1, 0.15) is 5.75 Å². The van der Waals surface area contributed by atoms with Crippen molar-refractivity contribution in [2.75, 3.05) is 11.9 Å². The molecule has 35 heavy (non-hydrogen) atoms. The molecule has 4 aromatic carbocycles. The summed E-state index contributed by atoms with van der Waals surface area (Å²) in [6.45, 7) is 0.970. The van der Waals surface area contributed by atoms with Crippen LogP contribution in [-0.4, -0.2) is 18.4 Å². The number of anilines is 1. The van der Waals surface area contributed by atoms with Gasteiger partial charge < -0.3 is 15.4 Å². The second-order valence-corrected chi connectivity index (χ2v) is 8.79. The van der Waals surface area contributed by atoms with Crippen LogP contribution < -0.4 is 15.4 Å². The van der Waals surface area contributed by atoms with Crippen LogP contribution in [-0.2, 0) is 13.0 Å². The van der Waals surface area contributed by atoms with Crippen LogP contribution in [0.3, 0.4) is 0 Å². The SMILES string of the molecule is O=C(NCc1ccccc1)c1cccc(NC(=O)c2ccc(OCCc3ccccc3)c(Br)c2)c1. The van der Waals surface area contributed by atoms with Gasteiger partial charge in [0.15, 0.2) is 0 Å². The number of carbonyl (C=O) groups excluding carboxylic acids is 2. The van der Waals surface area contributed by atoms with Gasteiger partial charge in [-0.25, -0.2) is 0 Å². The van der Waals surface area contributed by atoms with Crippen molar-refractivity contribution in [1.82, 2.24) is 5.32 Å². The lowest BCUT2D eigenvalue weighted by molar-refractivity contribution is 0.0949. The van der Waals surface area contributed by atoms with E-state index in [0.717, 1.165) is 12.0 Å². The normalized spacial score (nSPS) is 10.4. The zero-order valence-corrected chi connectivity index (χ0v) is 20.6. The first-order valence-electron chi connectivity index (χ1n) is 11.3. The van der Waals surface area contributed by atoms with E-state index in [4.69, 9.17) is 4.74 Å². The van der Waals surface area contributed by atoms with Crippen molar-refractivity contribution in [3.63, 3.8) is 0 Å². The summed E-state index contributed by atoms with van der Waals surface area (Å²) >= 11 is 3.50. The topological polar surface area (TPSA) is 67.4 Å². The number of carbonyl (C=O) groups is 2. The molecule has 0 atom stereocenters. The van der Waals surface area contributed by atoms with E-state index in [-0.39, 0.29) is 11.8 Å². The van der Waals surface area contributed by atoms with Crippen LogP contribution in [0.15, 0.2) is 108 Å². The van der Waals surface area contributed by atoms with E-state index in [0.29, 0.717) is 40.2 Å². The van der Waals surface area contributed by atoms with Gasteiger partial charge in [-0.2, -0.15) is 0 Å². The lowest BCUT2D eigenvalue weighted by Crippen LogP contribution is -2.23. The van der Waals surface area contributed by atoms with Crippen molar-refractivity contribution in [2.45, 2.75) is 13.0 Å². The Kier molecular flexibility index (Phi) is 8.30. The standard InChI is InChI=1S/C29H25BrN2O3/c30-26-19-24(14-15-27(26)35-17-16-21-8-3-1-4-9-21)29(34)32-25-13-7-12-23(18-25)28(33)31-20-22-10-5-2-6-11-22/h1-15,18-19H,16-17,20H2,(H,31,33)(H,32,34). The summed E-state index contributed by atoms with van der Waals surface area (Å²) in [6, 6.07) is 31.9. The largest absolute Gasteiger partial charge is 0.492 e. The van der Waals surface area contributed by atoms with Gasteiger partial charge in [-0.15, -0.1) is 0 Å². The highest BCUT2D eigenvalue weighted by molar-refractivity contribution is 9.10. The Morgan fingerprint density at radius 1 is 0.714 bits per heavy atom. The van der Waals surface area contributed by atoms with E-state index >= 15 is 0 Å². The number of hydrogen-bond acceptors (Lipinski definition) is 3. The molecule has 2 amide bonds. The van der Waals surface area contributed by atoms with E-state index < -0.39 is 0 Å². The summed E-state index contributed by atoms with van der Waals surface area (Å²) in [5.41, 5.74) is 3.72.